The van der Waals surface area contributed by atoms with Crippen LogP contribution in [0.1, 0.15) is 12.0 Å². The minimum Gasteiger partial charge on any atom is -0.393 e. The summed E-state index contributed by atoms with van der Waals surface area (Å²) < 4.78 is 5.36. The van der Waals surface area contributed by atoms with Crippen molar-refractivity contribution in [3.05, 3.63) is 30.2 Å². The fourth-order valence-corrected chi connectivity index (χ4v) is 2.63. The van der Waals surface area contributed by atoms with Crippen LogP contribution in [0.15, 0.2) is 24.7 Å². The molecule has 0 saturated carbocycles. The Labute approximate surface area is 147 Å². The molecular weight excluding hydrogens is 318 g/mol. The smallest absolute Gasteiger partial charge is 0.160 e. The fourth-order valence-electron chi connectivity index (χ4n) is 2.63. The van der Waals surface area contributed by atoms with E-state index in [1.165, 1.54) is 6.33 Å². The summed E-state index contributed by atoms with van der Waals surface area (Å²) in [6.45, 7) is 7.51. The number of aryl methyl sites for hydroxylation is 1. The highest BCUT2D eigenvalue weighted by molar-refractivity contribution is 5.76. The molecule has 0 radical (unpaired) electrons. The average Bonchev–Trinajstić information content (AvgIpc) is 2.64. The van der Waals surface area contributed by atoms with E-state index in [0.717, 1.165) is 51.4 Å². The second kappa shape index (κ2) is 8.59. The molecule has 25 heavy (non-hydrogen) atoms. The predicted molar refractivity (Wildman–Crippen MR) is 99.1 cm³/mol. The molecule has 1 aliphatic rings. The molecule has 1 saturated heterocycles. The zero-order chi connectivity index (χ0) is 17.5. The lowest BCUT2D eigenvalue weighted by molar-refractivity contribution is 0.0378. The zero-order valence-electron chi connectivity index (χ0n) is 14.5. The molecule has 2 aromatic heterocycles. The van der Waals surface area contributed by atoms with Gasteiger partial charge in [-0.1, -0.05) is 6.07 Å². The van der Waals surface area contributed by atoms with Crippen LogP contribution in [0.5, 0.6) is 0 Å². The summed E-state index contributed by atoms with van der Waals surface area (Å²) in [5, 5.41) is 6.43. The standard InChI is InChI=1S/C17H25N7O/c1-13-3-4-14(20-11-13)23-17-15(18)16(21-12-22-17)19-5-2-6-24-7-9-25-10-8-24/h3-4,11-12H,2,5-10,18H2,1H3,(H2,19,20,21,22,23). The number of nitrogens with zero attached hydrogens (tertiary/aromatic N) is 4. The Kier molecular flexibility index (Phi) is 5.97. The molecule has 1 fully saturated rings. The lowest BCUT2D eigenvalue weighted by atomic mass is 10.3. The van der Waals surface area contributed by atoms with Crippen molar-refractivity contribution in [3.63, 3.8) is 0 Å². The maximum absolute atomic E-state index is 6.18. The molecule has 3 heterocycles. The molecule has 0 spiro atoms. The second-order valence-corrected chi connectivity index (χ2v) is 6.06. The van der Waals surface area contributed by atoms with Crippen molar-refractivity contribution in [1.29, 1.82) is 0 Å². The lowest BCUT2D eigenvalue weighted by Gasteiger charge is -2.26. The molecule has 0 aromatic carbocycles. The van der Waals surface area contributed by atoms with E-state index in [4.69, 9.17) is 10.5 Å². The van der Waals surface area contributed by atoms with Crippen LogP contribution in [-0.2, 0) is 4.74 Å². The van der Waals surface area contributed by atoms with E-state index in [9.17, 15) is 0 Å². The minimum atomic E-state index is 0.497. The van der Waals surface area contributed by atoms with E-state index < -0.39 is 0 Å². The van der Waals surface area contributed by atoms with Gasteiger partial charge in [0.2, 0.25) is 0 Å². The molecule has 8 nitrogen and oxygen atoms in total. The Bertz CT molecular complexity index is 671. The van der Waals surface area contributed by atoms with Crippen LogP contribution in [0.2, 0.25) is 0 Å². The molecule has 0 unspecified atom stereocenters. The van der Waals surface area contributed by atoms with Gasteiger partial charge in [-0.05, 0) is 31.5 Å². The van der Waals surface area contributed by atoms with Gasteiger partial charge >= 0.3 is 0 Å². The first-order chi connectivity index (χ1) is 12.2. The first-order valence-electron chi connectivity index (χ1n) is 8.56. The number of ether oxygens (including phenoxy) is 1. The molecule has 0 bridgehead atoms. The molecule has 0 atom stereocenters. The van der Waals surface area contributed by atoms with E-state index in [2.05, 4.69) is 30.5 Å². The van der Waals surface area contributed by atoms with Crippen molar-refractivity contribution < 1.29 is 4.74 Å². The van der Waals surface area contributed by atoms with Crippen molar-refractivity contribution in [1.82, 2.24) is 19.9 Å². The van der Waals surface area contributed by atoms with E-state index in [0.29, 0.717) is 23.1 Å². The quantitative estimate of drug-likeness (QED) is 0.652. The number of hydrogen-bond donors (Lipinski definition) is 3. The van der Waals surface area contributed by atoms with Gasteiger partial charge in [-0.15, -0.1) is 0 Å². The number of pyridine rings is 1. The summed E-state index contributed by atoms with van der Waals surface area (Å²) in [6, 6.07) is 3.88. The van der Waals surface area contributed by atoms with Gasteiger partial charge in [0, 0.05) is 25.8 Å². The molecule has 134 valence electrons. The molecule has 0 aliphatic carbocycles. The van der Waals surface area contributed by atoms with Crippen molar-refractivity contribution in [3.8, 4) is 0 Å². The van der Waals surface area contributed by atoms with Crippen LogP contribution in [-0.4, -0.2) is 59.2 Å². The number of rotatable bonds is 7. The third-order valence-electron chi connectivity index (χ3n) is 4.09. The number of nitrogens with one attached hydrogen (secondary N) is 2. The molecule has 8 heteroatoms. The summed E-state index contributed by atoms with van der Waals surface area (Å²) >= 11 is 0. The topological polar surface area (TPSA) is 101 Å². The van der Waals surface area contributed by atoms with Gasteiger partial charge in [0.1, 0.15) is 17.8 Å². The van der Waals surface area contributed by atoms with Crippen molar-refractivity contribution in [2.45, 2.75) is 13.3 Å². The van der Waals surface area contributed by atoms with Crippen molar-refractivity contribution >= 4 is 23.1 Å². The maximum Gasteiger partial charge on any atom is 0.160 e. The summed E-state index contributed by atoms with van der Waals surface area (Å²) in [6.07, 6.45) is 4.31. The van der Waals surface area contributed by atoms with E-state index in [1.54, 1.807) is 6.20 Å². The van der Waals surface area contributed by atoms with Gasteiger partial charge in [0.05, 0.1) is 13.2 Å². The fraction of sp³-hybridized carbons (Fsp3) is 0.471. The number of aromatic nitrogens is 3. The van der Waals surface area contributed by atoms with Crippen LogP contribution in [0.4, 0.5) is 23.1 Å². The van der Waals surface area contributed by atoms with Crippen LogP contribution >= 0.6 is 0 Å². The average molecular weight is 343 g/mol. The molecule has 1 aliphatic heterocycles. The normalized spacial score (nSPS) is 15.1. The van der Waals surface area contributed by atoms with Crippen LogP contribution < -0.4 is 16.4 Å². The number of morpholine rings is 1. The lowest BCUT2D eigenvalue weighted by Crippen LogP contribution is -2.37. The van der Waals surface area contributed by atoms with E-state index in [1.807, 2.05) is 19.1 Å². The highest BCUT2D eigenvalue weighted by Gasteiger charge is 2.11. The Morgan fingerprint density at radius 2 is 1.96 bits per heavy atom. The zero-order valence-corrected chi connectivity index (χ0v) is 14.5. The highest BCUT2D eigenvalue weighted by atomic mass is 16.5. The highest BCUT2D eigenvalue weighted by Crippen LogP contribution is 2.24. The minimum absolute atomic E-state index is 0.497. The van der Waals surface area contributed by atoms with Gasteiger partial charge in [-0.3, -0.25) is 4.90 Å². The molecular formula is C17H25N7O. The molecule has 3 rings (SSSR count). The number of nitrogen functional groups attached to an aromatic ring is 1. The monoisotopic (exact) mass is 343 g/mol. The van der Waals surface area contributed by atoms with Crippen LogP contribution in [0, 0.1) is 6.92 Å². The third-order valence-corrected chi connectivity index (χ3v) is 4.09. The van der Waals surface area contributed by atoms with E-state index in [-0.39, 0.29) is 0 Å². The van der Waals surface area contributed by atoms with Gasteiger partial charge in [-0.25, -0.2) is 15.0 Å². The van der Waals surface area contributed by atoms with Gasteiger partial charge in [-0.2, -0.15) is 0 Å². The van der Waals surface area contributed by atoms with Gasteiger partial charge < -0.3 is 21.1 Å². The number of hydrogen-bond acceptors (Lipinski definition) is 8. The summed E-state index contributed by atoms with van der Waals surface area (Å²) in [5.41, 5.74) is 7.78. The first-order valence-corrected chi connectivity index (χ1v) is 8.56. The first kappa shape index (κ1) is 17.4. The van der Waals surface area contributed by atoms with Gasteiger partial charge in [0.15, 0.2) is 11.6 Å². The Balaban J connectivity index is 1.52. The molecule has 2 aromatic rings. The summed E-state index contributed by atoms with van der Waals surface area (Å²) in [7, 11) is 0. The van der Waals surface area contributed by atoms with Crippen LogP contribution in [0.3, 0.4) is 0 Å². The summed E-state index contributed by atoms with van der Waals surface area (Å²) in [4.78, 5) is 15.2. The molecule has 0 amide bonds. The Hall–Kier alpha value is -2.45. The van der Waals surface area contributed by atoms with Crippen molar-refractivity contribution in [2.75, 3.05) is 55.8 Å². The number of anilines is 4. The third kappa shape index (κ3) is 5.01. The summed E-state index contributed by atoms with van der Waals surface area (Å²) in [5.74, 6) is 1.91. The SMILES string of the molecule is Cc1ccc(Nc2ncnc(NCCCN3CCOCC3)c2N)nc1. The van der Waals surface area contributed by atoms with Crippen LogP contribution in [0.25, 0.3) is 0 Å². The number of nitrogens with two attached hydrogens (primary N) is 1. The van der Waals surface area contributed by atoms with Gasteiger partial charge in [0.25, 0.3) is 0 Å². The van der Waals surface area contributed by atoms with E-state index >= 15 is 0 Å². The Morgan fingerprint density at radius 1 is 1.16 bits per heavy atom. The van der Waals surface area contributed by atoms with Crippen molar-refractivity contribution in [2.24, 2.45) is 0 Å². The predicted octanol–water partition coefficient (Wildman–Crippen LogP) is 1.64. The molecule has 4 N–H and O–H groups in total. The maximum atomic E-state index is 6.18. The largest absolute Gasteiger partial charge is 0.393 e. The Morgan fingerprint density at radius 3 is 2.72 bits per heavy atom. The second-order valence-electron chi connectivity index (χ2n) is 6.06.